The third-order valence-electron chi connectivity index (χ3n) is 3.92. The molecule has 0 aliphatic carbocycles. The number of benzene rings is 1. The van der Waals surface area contributed by atoms with E-state index in [1.54, 1.807) is 0 Å². The Bertz CT molecular complexity index is 307. The molecule has 1 aliphatic heterocycles. The molecule has 2 heteroatoms. The Balaban J connectivity index is 2.00. The molecule has 88 valence electrons. The van der Waals surface area contributed by atoms with E-state index in [1.165, 1.54) is 18.4 Å². The molecule has 0 spiro atoms. The van der Waals surface area contributed by atoms with Crippen molar-refractivity contribution in [2.45, 2.75) is 38.3 Å². The van der Waals surface area contributed by atoms with Crippen LogP contribution in [0.1, 0.15) is 38.3 Å². The van der Waals surface area contributed by atoms with E-state index in [1.807, 2.05) is 0 Å². The minimum atomic E-state index is 0.311. The highest BCUT2D eigenvalue weighted by atomic mass is 15.1. The molecule has 0 aromatic heterocycles. The molecule has 1 aromatic carbocycles. The third kappa shape index (κ3) is 2.28. The average molecular weight is 218 g/mol. The van der Waals surface area contributed by atoms with Crippen molar-refractivity contribution in [2.75, 3.05) is 13.1 Å². The molecule has 0 amide bonds. The molecule has 0 saturated carbocycles. The lowest BCUT2D eigenvalue weighted by Crippen LogP contribution is -2.59. The number of nitrogens with one attached hydrogen (secondary N) is 2. The first-order valence-electron chi connectivity index (χ1n) is 6.33. The van der Waals surface area contributed by atoms with Gasteiger partial charge in [-0.1, -0.05) is 44.2 Å². The monoisotopic (exact) mass is 218 g/mol. The lowest BCUT2D eigenvalue weighted by molar-refractivity contribution is 0.220. The summed E-state index contributed by atoms with van der Waals surface area (Å²) >= 11 is 0. The van der Waals surface area contributed by atoms with Crippen LogP contribution in [-0.4, -0.2) is 18.6 Å². The van der Waals surface area contributed by atoms with E-state index in [9.17, 15) is 0 Å². The normalized spacial score (nSPS) is 24.2. The van der Waals surface area contributed by atoms with Crippen LogP contribution in [0, 0.1) is 0 Å². The summed E-state index contributed by atoms with van der Waals surface area (Å²) in [6.45, 7) is 6.63. The molecule has 1 unspecified atom stereocenters. The molecule has 1 aromatic rings. The highest BCUT2D eigenvalue weighted by Crippen LogP contribution is 2.22. The quantitative estimate of drug-likeness (QED) is 0.814. The fourth-order valence-electron chi connectivity index (χ4n) is 2.44. The van der Waals surface area contributed by atoms with E-state index in [4.69, 9.17) is 0 Å². The molecule has 1 atom stereocenters. The van der Waals surface area contributed by atoms with Gasteiger partial charge in [0.2, 0.25) is 0 Å². The van der Waals surface area contributed by atoms with Crippen molar-refractivity contribution in [1.29, 1.82) is 0 Å². The van der Waals surface area contributed by atoms with Gasteiger partial charge in [0.15, 0.2) is 0 Å². The zero-order valence-electron chi connectivity index (χ0n) is 10.3. The van der Waals surface area contributed by atoms with Crippen LogP contribution in [0.4, 0.5) is 0 Å². The topological polar surface area (TPSA) is 24.1 Å². The Morgan fingerprint density at radius 1 is 1.19 bits per heavy atom. The van der Waals surface area contributed by atoms with Gasteiger partial charge in [-0.3, -0.25) is 0 Å². The maximum Gasteiger partial charge on any atom is 0.0447 e. The van der Waals surface area contributed by atoms with Gasteiger partial charge >= 0.3 is 0 Å². The number of hydrogen-bond donors (Lipinski definition) is 2. The molecule has 1 fully saturated rings. The highest BCUT2D eigenvalue weighted by Gasteiger charge is 2.31. The Labute approximate surface area is 98.4 Å². The summed E-state index contributed by atoms with van der Waals surface area (Å²) in [7, 11) is 0. The van der Waals surface area contributed by atoms with Crippen LogP contribution in [-0.2, 0) is 0 Å². The van der Waals surface area contributed by atoms with E-state index in [2.05, 4.69) is 54.8 Å². The molecule has 0 radical (unpaired) electrons. The van der Waals surface area contributed by atoms with Crippen LogP contribution >= 0.6 is 0 Å². The maximum absolute atomic E-state index is 3.72. The molecular formula is C14H22N2. The lowest BCUT2D eigenvalue weighted by Gasteiger charge is -2.41. The van der Waals surface area contributed by atoms with Crippen LogP contribution in [0.2, 0.25) is 0 Å². The largest absolute Gasteiger partial charge is 0.308 e. The summed E-state index contributed by atoms with van der Waals surface area (Å²) in [5.41, 5.74) is 1.70. The fourth-order valence-corrected chi connectivity index (χ4v) is 2.44. The predicted molar refractivity (Wildman–Crippen MR) is 68.5 cm³/mol. The average Bonchev–Trinajstić information content (AvgIpc) is 2.40. The van der Waals surface area contributed by atoms with Crippen molar-refractivity contribution in [3.05, 3.63) is 35.9 Å². The third-order valence-corrected chi connectivity index (χ3v) is 3.92. The van der Waals surface area contributed by atoms with Gasteiger partial charge in [0.1, 0.15) is 0 Å². The van der Waals surface area contributed by atoms with Crippen LogP contribution < -0.4 is 10.6 Å². The minimum absolute atomic E-state index is 0.311. The summed E-state index contributed by atoms with van der Waals surface area (Å²) in [6.07, 6.45) is 2.38. The standard InChI is InChI=1S/C14H22N2/c1-3-14(4-2)11-15-13(10-16-14)12-8-6-5-7-9-12/h5-9,13,15-16H,3-4,10-11H2,1-2H3. The van der Waals surface area contributed by atoms with Crippen LogP contribution in [0.15, 0.2) is 30.3 Å². The second kappa shape index (κ2) is 4.98. The minimum Gasteiger partial charge on any atom is -0.308 e. The SMILES string of the molecule is CCC1(CC)CNC(c2ccccc2)CN1. The summed E-state index contributed by atoms with van der Waals surface area (Å²) in [5.74, 6) is 0. The Morgan fingerprint density at radius 3 is 2.38 bits per heavy atom. The summed E-state index contributed by atoms with van der Waals surface area (Å²) in [5, 5.41) is 7.38. The lowest BCUT2D eigenvalue weighted by atomic mass is 9.89. The van der Waals surface area contributed by atoms with E-state index >= 15 is 0 Å². The van der Waals surface area contributed by atoms with Gasteiger partial charge in [-0.05, 0) is 18.4 Å². The zero-order valence-corrected chi connectivity index (χ0v) is 10.3. The molecule has 2 nitrogen and oxygen atoms in total. The second-order valence-electron chi connectivity index (χ2n) is 4.71. The van der Waals surface area contributed by atoms with Gasteiger partial charge < -0.3 is 10.6 Å². The van der Waals surface area contributed by atoms with Crippen LogP contribution in [0.25, 0.3) is 0 Å². The summed E-state index contributed by atoms with van der Waals surface area (Å²) in [4.78, 5) is 0. The fraction of sp³-hybridized carbons (Fsp3) is 0.571. The Hall–Kier alpha value is -0.860. The van der Waals surface area contributed by atoms with Crippen LogP contribution in [0.5, 0.6) is 0 Å². The number of hydrogen-bond acceptors (Lipinski definition) is 2. The molecule has 1 heterocycles. The smallest absolute Gasteiger partial charge is 0.0447 e. The van der Waals surface area contributed by atoms with Crippen molar-refractivity contribution in [1.82, 2.24) is 10.6 Å². The van der Waals surface area contributed by atoms with Crippen molar-refractivity contribution in [3.63, 3.8) is 0 Å². The van der Waals surface area contributed by atoms with Gasteiger partial charge in [-0.2, -0.15) is 0 Å². The van der Waals surface area contributed by atoms with Crippen molar-refractivity contribution < 1.29 is 0 Å². The van der Waals surface area contributed by atoms with Gasteiger partial charge in [-0.15, -0.1) is 0 Å². The van der Waals surface area contributed by atoms with Crippen LogP contribution in [0.3, 0.4) is 0 Å². The van der Waals surface area contributed by atoms with E-state index in [0.29, 0.717) is 11.6 Å². The molecule has 1 saturated heterocycles. The molecular weight excluding hydrogens is 196 g/mol. The molecule has 1 aliphatic rings. The highest BCUT2D eigenvalue weighted by molar-refractivity contribution is 5.20. The Kier molecular flexibility index (Phi) is 3.62. The maximum atomic E-state index is 3.72. The molecule has 2 rings (SSSR count). The predicted octanol–water partition coefficient (Wildman–Crippen LogP) is 2.48. The first-order chi connectivity index (χ1) is 7.79. The van der Waals surface area contributed by atoms with E-state index < -0.39 is 0 Å². The van der Waals surface area contributed by atoms with Crippen molar-refractivity contribution in [2.24, 2.45) is 0 Å². The summed E-state index contributed by atoms with van der Waals surface area (Å²) in [6, 6.07) is 11.2. The van der Waals surface area contributed by atoms with E-state index in [-0.39, 0.29) is 0 Å². The molecule has 16 heavy (non-hydrogen) atoms. The Morgan fingerprint density at radius 2 is 1.88 bits per heavy atom. The van der Waals surface area contributed by atoms with E-state index in [0.717, 1.165) is 13.1 Å². The first-order valence-corrected chi connectivity index (χ1v) is 6.33. The summed E-state index contributed by atoms with van der Waals surface area (Å²) < 4.78 is 0. The number of piperazine rings is 1. The first kappa shape index (κ1) is 11.6. The van der Waals surface area contributed by atoms with Gasteiger partial charge in [0, 0.05) is 24.7 Å². The van der Waals surface area contributed by atoms with Gasteiger partial charge in [0.25, 0.3) is 0 Å². The molecule has 2 N–H and O–H groups in total. The number of rotatable bonds is 3. The van der Waals surface area contributed by atoms with Crippen molar-refractivity contribution >= 4 is 0 Å². The van der Waals surface area contributed by atoms with Gasteiger partial charge in [0.05, 0.1) is 0 Å². The molecule has 0 bridgehead atoms. The van der Waals surface area contributed by atoms with Crippen molar-refractivity contribution in [3.8, 4) is 0 Å². The van der Waals surface area contributed by atoms with Gasteiger partial charge in [-0.25, -0.2) is 0 Å². The zero-order chi connectivity index (χ0) is 11.4. The second-order valence-corrected chi connectivity index (χ2v) is 4.71.